The highest BCUT2D eigenvalue weighted by molar-refractivity contribution is 6.31. The summed E-state index contributed by atoms with van der Waals surface area (Å²) in [6.45, 7) is 6.07. The highest BCUT2D eigenvalue weighted by atomic mass is 35.5. The Kier molecular flexibility index (Phi) is 5.39. The summed E-state index contributed by atoms with van der Waals surface area (Å²) in [4.78, 5) is 22.0. The van der Waals surface area contributed by atoms with Crippen LogP contribution in [-0.4, -0.2) is 27.9 Å². The van der Waals surface area contributed by atoms with E-state index in [0.717, 1.165) is 0 Å². The molecule has 24 heavy (non-hydrogen) atoms. The lowest BCUT2D eigenvalue weighted by atomic mass is 9.96. The van der Waals surface area contributed by atoms with E-state index < -0.39 is 11.8 Å². The molecule has 1 heterocycles. The Morgan fingerprint density at radius 1 is 1.29 bits per heavy atom. The quantitative estimate of drug-likeness (QED) is 0.901. The fraction of sp³-hybridized carbons (Fsp3) is 0.353. The zero-order valence-electron chi connectivity index (χ0n) is 14.1. The van der Waals surface area contributed by atoms with E-state index in [-0.39, 0.29) is 22.5 Å². The molecule has 1 N–H and O–H groups in total. The highest BCUT2D eigenvalue weighted by Crippen LogP contribution is 2.21. The Bertz CT molecular complexity index is 708. The van der Waals surface area contributed by atoms with Crippen molar-refractivity contribution in [2.75, 3.05) is 12.4 Å². The number of hydrogen-bond donors (Lipinski definition) is 1. The standard InChI is InChI=1S/C17H20ClFN4O/c1-17(2,3)15-20-8-11(9-21-15)22-16(24)23(4)10-12-13(18)6-5-7-14(12)19/h5-9H,10H2,1-4H3,(H,22,24). The van der Waals surface area contributed by atoms with Crippen molar-refractivity contribution in [2.24, 2.45) is 0 Å². The van der Waals surface area contributed by atoms with E-state index in [2.05, 4.69) is 15.3 Å². The normalized spacial score (nSPS) is 11.2. The molecule has 0 atom stereocenters. The molecule has 0 unspecified atom stereocenters. The molecule has 0 aliphatic heterocycles. The van der Waals surface area contributed by atoms with Gasteiger partial charge in [-0.1, -0.05) is 38.4 Å². The predicted octanol–water partition coefficient (Wildman–Crippen LogP) is 4.23. The maximum absolute atomic E-state index is 13.8. The van der Waals surface area contributed by atoms with Crippen LogP contribution in [0.15, 0.2) is 30.6 Å². The van der Waals surface area contributed by atoms with Crippen molar-refractivity contribution in [3.05, 3.63) is 52.8 Å². The molecule has 1 aromatic heterocycles. The Labute approximate surface area is 145 Å². The van der Waals surface area contributed by atoms with Gasteiger partial charge in [0.2, 0.25) is 0 Å². The first kappa shape index (κ1) is 18.1. The predicted molar refractivity (Wildman–Crippen MR) is 92.6 cm³/mol. The second-order valence-electron chi connectivity index (χ2n) is 6.53. The van der Waals surface area contributed by atoms with Crippen molar-refractivity contribution in [2.45, 2.75) is 32.7 Å². The Balaban J connectivity index is 2.04. The average molecular weight is 351 g/mol. The fourth-order valence-electron chi connectivity index (χ4n) is 1.99. The number of carbonyl (C=O) groups is 1. The van der Waals surface area contributed by atoms with Crippen LogP contribution in [0.2, 0.25) is 5.02 Å². The molecule has 0 radical (unpaired) electrons. The largest absolute Gasteiger partial charge is 0.323 e. The average Bonchev–Trinajstić information content (AvgIpc) is 2.50. The Morgan fingerprint density at radius 3 is 2.46 bits per heavy atom. The summed E-state index contributed by atoms with van der Waals surface area (Å²) < 4.78 is 13.8. The van der Waals surface area contributed by atoms with Crippen LogP contribution in [-0.2, 0) is 12.0 Å². The summed E-state index contributed by atoms with van der Waals surface area (Å²) in [5.74, 6) is 0.243. The first-order valence-corrected chi connectivity index (χ1v) is 7.84. The number of carbonyl (C=O) groups excluding carboxylic acids is 1. The van der Waals surface area contributed by atoms with E-state index in [0.29, 0.717) is 11.5 Å². The first-order valence-electron chi connectivity index (χ1n) is 7.46. The number of rotatable bonds is 3. The van der Waals surface area contributed by atoms with E-state index in [1.165, 1.54) is 17.0 Å². The van der Waals surface area contributed by atoms with Crippen LogP contribution in [0.3, 0.4) is 0 Å². The summed E-state index contributed by atoms with van der Waals surface area (Å²) in [6.07, 6.45) is 3.10. The molecule has 2 rings (SSSR count). The summed E-state index contributed by atoms with van der Waals surface area (Å²) in [7, 11) is 1.56. The van der Waals surface area contributed by atoms with E-state index in [1.807, 2.05) is 20.8 Å². The topological polar surface area (TPSA) is 58.1 Å². The molecule has 0 aliphatic rings. The van der Waals surface area contributed by atoms with Crippen molar-refractivity contribution in [1.82, 2.24) is 14.9 Å². The number of aromatic nitrogens is 2. The zero-order valence-corrected chi connectivity index (χ0v) is 14.9. The molecule has 2 amide bonds. The second-order valence-corrected chi connectivity index (χ2v) is 6.94. The van der Waals surface area contributed by atoms with E-state index in [4.69, 9.17) is 11.6 Å². The molecular formula is C17H20ClFN4O. The summed E-state index contributed by atoms with van der Waals surface area (Å²) >= 11 is 5.98. The molecular weight excluding hydrogens is 331 g/mol. The summed E-state index contributed by atoms with van der Waals surface area (Å²) in [5.41, 5.74) is 0.580. The van der Waals surface area contributed by atoms with Crippen LogP contribution in [0.1, 0.15) is 32.2 Å². The molecule has 0 fully saturated rings. The van der Waals surface area contributed by atoms with Gasteiger partial charge in [0.25, 0.3) is 0 Å². The molecule has 0 bridgehead atoms. The minimum Gasteiger partial charge on any atom is -0.323 e. The number of urea groups is 1. The Hall–Kier alpha value is -2.21. The van der Waals surface area contributed by atoms with Crippen molar-refractivity contribution in [3.63, 3.8) is 0 Å². The zero-order chi connectivity index (χ0) is 17.9. The second kappa shape index (κ2) is 7.13. The molecule has 0 spiro atoms. The highest BCUT2D eigenvalue weighted by Gasteiger charge is 2.18. The van der Waals surface area contributed by atoms with Crippen LogP contribution in [0.4, 0.5) is 14.9 Å². The third-order valence-electron chi connectivity index (χ3n) is 3.38. The molecule has 5 nitrogen and oxygen atoms in total. The van der Waals surface area contributed by atoms with Crippen LogP contribution < -0.4 is 5.32 Å². The molecule has 0 saturated carbocycles. The molecule has 0 saturated heterocycles. The number of benzene rings is 1. The molecule has 0 aliphatic carbocycles. The molecule has 1 aromatic carbocycles. The van der Waals surface area contributed by atoms with Gasteiger partial charge in [-0.2, -0.15) is 0 Å². The molecule has 128 valence electrons. The molecule has 7 heteroatoms. The molecule has 2 aromatic rings. The number of amides is 2. The van der Waals surface area contributed by atoms with E-state index in [9.17, 15) is 9.18 Å². The third kappa shape index (κ3) is 4.41. The first-order chi connectivity index (χ1) is 11.2. The van der Waals surface area contributed by atoms with Crippen molar-refractivity contribution >= 4 is 23.3 Å². The van der Waals surface area contributed by atoms with Gasteiger partial charge in [0.05, 0.1) is 24.6 Å². The summed E-state index contributed by atoms with van der Waals surface area (Å²) in [6, 6.07) is 4.02. The smallest absolute Gasteiger partial charge is 0.321 e. The van der Waals surface area contributed by atoms with Crippen LogP contribution in [0.5, 0.6) is 0 Å². The van der Waals surface area contributed by atoms with Gasteiger partial charge in [0.15, 0.2) is 0 Å². The van der Waals surface area contributed by atoms with Crippen molar-refractivity contribution in [3.8, 4) is 0 Å². The number of nitrogens with zero attached hydrogens (tertiary/aromatic N) is 3. The number of halogens is 2. The lowest BCUT2D eigenvalue weighted by Gasteiger charge is -2.20. The van der Waals surface area contributed by atoms with E-state index >= 15 is 0 Å². The maximum Gasteiger partial charge on any atom is 0.321 e. The van der Waals surface area contributed by atoms with Gasteiger partial charge in [-0.25, -0.2) is 19.2 Å². The SMILES string of the molecule is CN(Cc1c(F)cccc1Cl)C(=O)Nc1cnc(C(C)(C)C)nc1. The van der Waals surface area contributed by atoms with Gasteiger partial charge in [-0.3, -0.25) is 0 Å². The monoisotopic (exact) mass is 350 g/mol. The van der Waals surface area contributed by atoms with Gasteiger partial charge in [0, 0.05) is 23.0 Å². The Morgan fingerprint density at radius 2 is 1.92 bits per heavy atom. The van der Waals surface area contributed by atoms with Crippen molar-refractivity contribution in [1.29, 1.82) is 0 Å². The van der Waals surface area contributed by atoms with Crippen LogP contribution in [0, 0.1) is 5.82 Å². The van der Waals surface area contributed by atoms with Crippen molar-refractivity contribution < 1.29 is 9.18 Å². The lowest BCUT2D eigenvalue weighted by molar-refractivity contribution is 0.220. The number of hydrogen-bond acceptors (Lipinski definition) is 3. The minimum atomic E-state index is -0.444. The van der Waals surface area contributed by atoms with Gasteiger partial charge in [-0.05, 0) is 12.1 Å². The van der Waals surface area contributed by atoms with Gasteiger partial charge in [0.1, 0.15) is 11.6 Å². The summed E-state index contributed by atoms with van der Waals surface area (Å²) in [5, 5.41) is 2.96. The maximum atomic E-state index is 13.8. The lowest BCUT2D eigenvalue weighted by Crippen LogP contribution is -2.31. The minimum absolute atomic E-state index is 0.0538. The van der Waals surface area contributed by atoms with Gasteiger partial charge < -0.3 is 10.2 Å². The third-order valence-corrected chi connectivity index (χ3v) is 3.73. The number of anilines is 1. The van der Waals surface area contributed by atoms with E-state index in [1.54, 1.807) is 25.5 Å². The van der Waals surface area contributed by atoms with Crippen LogP contribution in [0.25, 0.3) is 0 Å². The fourth-order valence-corrected chi connectivity index (χ4v) is 2.21. The van der Waals surface area contributed by atoms with Crippen LogP contribution >= 0.6 is 11.6 Å². The van der Waals surface area contributed by atoms with Gasteiger partial charge >= 0.3 is 6.03 Å². The van der Waals surface area contributed by atoms with Gasteiger partial charge in [-0.15, -0.1) is 0 Å². The number of nitrogens with one attached hydrogen (secondary N) is 1.